The predicted molar refractivity (Wildman–Crippen MR) is 114 cm³/mol. The van der Waals surface area contributed by atoms with Crippen LogP contribution in [0.25, 0.3) is 5.70 Å². The van der Waals surface area contributed by atoms with Crippen molar-refractivity contribution in [1.29, 1.82) is 5.26 Å². The molecule has 0 unspecified atom stereocenters. The number of benzene rings is 3. The highest BCUT2D eigenvalue weighted by molar-refractivity contribution is 6.21. The van der Waals surface area contributed by atoms with Gasteiger partial charge in [0.05, 0.1) is 5.70 Å². The second kappa shape index (κ2) is 8.43. The molecule has 31 heavy (non-hydrogen) atoms. The number of para-hydroxylation sites is 1. The number of amidine groups is 1. The van der Waals surface area contributed by atoms with E-state index in [0.29, 0.717) is 16.8 Å². The van der Waals surface area contributed by atoms with E-state index in [1.165, 1.54) is 24.3 Å². The molecule has 6 nitrogen and oxygen atoms in total. The van der Waals surface area contributed by atoms with Crippen LogP contribution in [0.15, 0.2) is 89.4 Å². The molecule has 1 aliphatic rings. The van der Waals surface area contributed by atoms with E-state index in [4.69, 9.17) is 0 Å². The van der Waals surface area contributed by atoms with E-state index in [1.54, 1.807) is 48.5 Å². The summed E-state index contributed by atoms with van der Waals surface area (Å²) >= 11 is 0. The quantitative estimate of drug-likeness (QED) is 0.507. The van der Waals surface area contributed by atoms with Crippen LogP contribution in [0.1, 0.15) is 21.5 Å². The Morgan fingerprint density at radius 2 is 1.48 bits per heavy atom. The Morgan fingerprint density at radius 3 is 2.16 bits per heavy atom. The number of anilines is 1. The zero-order valence-electron chi connectivity index (χ0n) is 16.1. The topological polar surface area (TPSA) is 94.3 Å². The van der Waals surface area contributed by atoms with Gasteiger partial charge in [-0.3, -0.25) is 9.59 Å². The molecule has 3 aromatic carbocycles. The van der Waals surface area contributed by atoms with Gasteiger partial charge in [0.15, 0.2) is 0 Å². The third-order valence-corrected chi connectivity index (χ3v) is 4.61. The maximum absolute atomic E-state index is 13.1. The molecule has 2 N–H and O–H groups in total. The van der Waals surface area contributed by atoms with E-state index in [-0.39, 0.29) is 22.7 Å². The molecular weight excluding hydrogens is 395 g/mol. The van der Waals surface area contributed by atoms with Gasteiger partial charge in [-0.1, -0.05) is 42.5 Å². The number of nitrogens with zero attached hydrogens (tertiary/aromatic N) is 2. The Kier molecular flexibility index (Phi) is 5.37. The van der Waals surface area contributed by atoms with Gasteiger partial charge in [-0.15, -0.1) is 0 Å². The number of aliphatic imine (C=N–C) groups is 1. The lowest BCUT2D eigenvalue weighted by Gasteiger charge is -2.06. The Morgan fingerprint density at radius 1 is 0.839 bits per heavy atom. The van der Waals surface area contributed by atoms with Gasteiger partial charge in [-0.25, -0.2) is 9.38 Å². The average Bonchev–Trinajstić information content (AvgIpc) is 3.13. The molecule has 0 radical (unpaired) electrons. The predicted octanol–water partition coefficient (Wildman–Crippen LogP) is 3.89. The first-order valence-electron chi connectivity index (χ1n) is 9.33. The van der Waals surface area contributed by atoms with Crippen molar-refractivity contribution in [3.05, 3.63) is 107 Å². The Hall–Kier alpha value is -4.57. The molecule has 1 heterocycles. The third-order valence-electron chi connectivity index (χ3n) is 4.61. The van der Waals surface area contributed by atoms with Gasteiger partial charge in [0, 0.05) is 22.4 Å². The second-order valence-corrected chi connectivity index (χ2v) is 6.62. The van der Waals surface area contributed by atoms with E-state index >= 15 is 0 Å². The fraction of sp³-hybridized carbons (Fsp3) is 0. The van der Waals surface area contributed by atoms with Crippen LogP contribution in [-0.4, -0.2) is 17.6 Å². The normalized spacial score (nSPS) is 13.5. The summed E-state index contributed by atoms with van der Waals surface area (Å²) in [5.41, 5.74) is 1.91. The molecule has 0 aromatic heterocycles. The molecule has 0 spiro atoms. The summed E-state index contributed by atoms with van der Waals surface area (Å²) in [4.78, 5) is 29.7. The summed E-state index contributed by atoms with van der Waals surface area (Å²) in [5.74, 6) is -1.33. The van der Waals surface area contributed by atoms with Crippen LogP contribution < -0.4 is 10.6 Å². The standard InChI is InChI=1S/C24H15FN4O2/c25-16-12-10-15(11-13-16)23(30)29-22-19-9-5-4-8-18(19)21(28-22)20(14-26)24(31)27-17-6-2-1-3-7-17/h1-13H,(H,27,31)(H,28,29,30)/b21-20-. The van der Waals surface area contributed by atoms with E-state index in [2.05, 4.69) is 15.6 Å². The van der Waals surface area contributed by atoms with Gasteiger partial charge in [0.2, 0.25) is 0 Å². The van der Waals surface area contributed by atoms with Crippen LogP contribution in [0.5, 0.6) is 0 Å². The molecule has 4 rings (SSSR count). The van der Waals surface area contributed by atoms with Gasteiger partial charge in [0.1, 0.15) is 23.3 Å². The summed E-state index contributed by atoms with van der Waals surface area (Å²) in [7, 11) is 0. The van der Waals surface area contributed by atoms with E-state index in [0.717, 1.165) is 0 Å². The Balaban J connectivity index is 1.69. The molecule has 0 saturated heterocycles. The molecule has 0 aliphatic carbocycles. The minimum Gasteiger partial charge on any atom is -0.321 e. The van der Waals surface area contributed by atoms with Crippen LogP contribution in [0.2, 0.25) is 0 Å². The fourth-order valence-corrected chi connectivity index (χ4v) is 3.12. The molecule has 0 saturated carbocycles. The summed E-state index contributed by atoms with van der Waals surface area (Å²) in [6.45, 7) is 0. The highest BCUT2D eigenvalue weighted by atomic mass is 19.1. The number of nitrogens with one attached hydrogen (secondary N) is 2. The Labute approximate surface area is 177 Å². The molecule has 3 aromatic rings. The van der Waals surface area contributed by atoms with Crippen molar-refractivity contribution >= 4 is 29.0 Å². The summed E-state index contributed by atoms with van der Waals surface area (Å²) in [5, 5.41) is 15.0. The smallest absolute Gasteiger partial charge is 0.268 e. The van der Waals surface area contributed by atoms with E-state index in [9.17, 15) is 19.2 Å². The zero-order chi connectivity index (χ0) is 21.8. The lowest BCUT2D eigenvalue weighted by molar-refractivity contribution is -0.112. The average molecular weight is 410 g/mol. The van der Waals surface area contributed by atoms with E-state index in [1.807, 2.05) is 12.1 Å². The van der Waals surface area contributed by atoms with Gasteiger partial charge in [0.25, 0.3) is 11.8 Å². The molecule has 2 amide bonds. The highest BCUT2D eigenvalue weighted by Crippen LogP contribution is 2.31. The van der Waals surface area contributed by atoms with Crippen molar-refractivity contribution in [1.82, 2.24) is 5.32 Å². The minimum absolute atomic E-state index is 0.168. The van der Waals surface area contributed by atoms with Gasteiger partial charge >= 0.3 is 0 Å². The number of carbonyl (C=O) groups is 2. The molecule has 1 aliphatic heterocycles. The van der Waals surface area contributed by atoms with Crippen molar-refractivity contribution in [3.63, 3.8) is 0 Å². The number of amides is 2. The number of hydrogen-bond acceptors (Lipinski definition) is 4. The van der Waals surface area contributed by atoms with Crippen LogP contribution in [0.3, 0.4) is 0 Å². The van der Waals surface area contributed by atoms with Gasteiger partial charge in [-0.2, -0.15) is 5.26 Å². The van der Waals surface area contributed by atoms with Crippen LogP contribution in [0.4, 0.5) is 10.1 Å². The first kappa shape index (κ1) is 19.7. The monoisotopic (exact) mass is 410 g/mol. The molecular formula is C24H15FN4O2. The maximum atomic E-state index is 13.1. The first-order chi connectivity index (χ1) is 15.1. The largest absolute Gasteiger partial charge is 0.321 e. The number of nitriles is 1. The van der Waals surface area contributed by atoms with Gasteiger partial charge in [-0.05, 0) is 36.4 Å². The Bertz CT molecular complexity index is 1270. The molecule has 0 atom stereocenters. The fourth-order valence-electron chi connectivity index (χ4n) is 3.12. The zero-order valence-corrected chi connectivity index (χ0v) is 16.1. The van der Waals surface area contributed by atoms with Crippen LogP contribution in [0, 0.1) is 17.1 Å². The summed E-state index contributed by atoms with van der Waals surface area (Å²) in [6.07, 6.45) is 0. The SMILES string of the molecule is N#C/C(C(=O)Nc1ccccc1)=C1/N=C(NC(=O)c2ccc(F)cc2)c2ccccc21. The summed E-state index contributed by atoms with van der Waals surface area (Å²) < 4.78 is 13.1. The van der Waals surface area contributed by atoms with Crippen molar-refractivity contribution in [2.45, 2.75) is 0 Å². The second-order valence-electron chi connectivity index (χ2n) is 6.62. The lowest BCUT2D eigenvalue weighted by Crippen LogP contribution is -2.30. The highest BCUT2D eigenvalue weighted by Gasteiger charge is 2.27. The summed E-state index contributed by atoms with van der Waals surface area (Å²) in [6, 6.07) is 22.7. The molecule has 7 heteroatoms. The minimum atomic E-state index is -0.603. The molecule has 0 fully saturated rings. The van der Waals surface area contributed by atoms with Crippen LogP contribution >= 0.6 is 0 Å². The number of halogens is 1. The number of fused-ring (bicyclic) bond motifs is 1. The maximum Gasteiger partial charge on any atom is 0.268 e. The van der Waals surface area contributed by atoms with Crippen molar-refractivity contribution in [2.75, 3.05) is 5.32 Å². The first-order valence-corrected chi connectivity index (χ1v) is 9.33. The lowest BCUT2D eigenvalue weighted by atomic mass is 10.0. The van der Waals surface area contributed by atoms with Crippen molar-refractivity contribution < 1.29 is 14.0 Å². The number of hydrogen-bond donors (Lipinski definition) is 2. The number of rotatable bonds is 3. The molecule has 0 bridgehead atoms. The third kappa shape index (κ3) is 4.09. The van der Waals surface area contributed by atoms with Gasteiger partial charge < -0.3 is 10.6 Å². The molecule has 150 valence electrons. The van der Waals surface area contributed by atoms with E-state index < -0.39 is 17.6 Å². The van der Waals surface area contributed by atoms with Crippen LogP contribution in [-0.2, 0) is 4.79 Å². The number of carbonyl (C=O) groups excluding carboxylic acids is 2. The van der Waals surface area contributed by atoms with Crippen molar-refractivity contribution in [3.8, 4) is 6.07 Å². The van der Waals surface area contributed by atoms with Crippen molar-refractivity contribution in [2.24, 2.45) is 4.99 Å².